The van der Waals surface area contributed by atoms with Crippen molar-refractivity contribution in [3.8, 4) is 5.88 Å². The molecule has 0 aliphatic rings. The fourth-order valence-electron chi connectivity index (χ4n) is 1.41. The number of carboxylic acid groups (broad SMARTS) is 1. The SMILES string of the molecule is COc1ncc(CC(=O)O)c([N+](=O)[O-])c1C(F)F. The van der Waals surface area contributed by atoms with Crippen LogP contribution in [-0.2, 0) is 11.2 Å². The minimum atomic E-state index is -3.19. The quantitative estimate of drug-likeness (QED) is 0.638. The Labute approximate surface area is 99.2 Å². The predicted molar refractivity (Wildman–Crippen MR) is 53.7 cm³/mol. The van der Waals surface area contributed by atoms with Gasteiger partial charge in [0.05, 0.1) is 24.0 Å². The van der Waals surface area contributed by atoms with E-state index in [-0.39, 0.29) is 0 Å². The van der Waals surface area contributed by atoms with Crippen LogP contribution in [0.15, 0.2) is 6.20 Å². The zero-order chi connectivity index (χ0) is 13.9. The van der Waals surface area contributed by atoms with Gasteiger partial charge in [0.25, 0.3) is 12.1 Å². The van der Waals surface area contributed by atoms with Crippen molar-refractivity contribution in [2.45, 2.75) is 12.8 Å². The number of aliphatic carboxylic acids is 1. The van der Waals surface area contributed by atoms with Gasteiger partial charge in [-0.2, -0.15) is 0 Å². The predicted octanol–water partition coefficient (Wildman–Crippen LogP) is 1.56. The third kappa shape index (κ3) is 2.67. The first kappa shape index (κ1) is 13.7. The van der Waals surface area contributed by atoms with Gasteiger partial charge in [0.1, 0.15) is 0 Å². The Morgan fingerprint density at radius 1 is 1.67 bits per heavy atom. The fraction of sp³-hybridized carbons (Fsp3) is 0.333. The van der Waals surface area contributed by atoms with Crippen molar-refractivity contribution in [1.82, 2.24) is 4.98 Å². The van der Waals surface area contributed by atoms with Gasteiger partial charge in [0.15, 0.2) is 5.56 Å². The molecule has 7 nitrogen and oxygen atoms in total. The lowest BCUT2D eigenvalue weighted by molar-refractivity contribution is -0.387. The number of ether oxygens (including phenoxy) is 1. The second-order valence-electron chi connectivity index (χ2n) is 3.18. The Bertz CT molecular complexity index is 492. The summed E-state index contributed by atoms with van der Waals surface area (Å²) in [6, 6.07) is 0. The summed E-state index contributed by atoms with van der Waals surface area (Å²) in [6.07, 6.45) is -3.12. The minimum Gasteiger partial charge on any atom is -0.481 e. The largest absolute Gasteiger partial charge is 0.481 e. The Morgan fingerprint density at radius 3 is 2.67 bits per heavy atom. The Kier molecular flexibility index (Phi) is 4.08. The number of pyridine rings is 1. The average Bonchev–Trinajstić information content (AvgIpc) is 2.26. The molecule has 1 heterocycles. The number of hydrogen-bond acceptors (Lipinski definition) is 5. The highest BCUT2D eigenvalue weighted by Gasteiger charge is 2.31. The van der Waals surface area contributed by atoms with E-state index in [0.717, 1.165) is 13.3 Å². The summed E-state index contributed by atoms with van der Waals surface area (Å²) < 4.78 is 30.1. The lowest BCUT2D eigenvalue weighted by Crippen LogP contribution is -2.09. The number of nitrogens with zero attached hydrogens (tertiary/aromatic N) is 2. The Balaban J connectivity index is 3.51. The minimum absolute atomic E-state index is 0.399. The molecule has 0 amide bonds. The van der Waals surface area contributed by atoms with Gasteiger partial charge in [-0.05, 0) is 0 Å². The molecule has 0 atom stereocenters. The van der Waals surface area contributed by atoms with Crippen molar-refractivity contribution in [2.75, 3.05) is 7.11 Å². The molecule has 98 valence electrons. The molecule has 1 aromatic heterocycles. The van der Waals surface area contributed by atoms with Crippen LogP contribution in [0.5, 0.6) is 5.88 Å². The molecule has 1 aromatic rings. The average molecular weight is 262 g/mol. The van der Waals surface area contributed by atoms with Crippen LogP contribution < -0.4 is 4.74 Å². The Morgan fingerprint density at radius 2 is 2.28 bits per heavy atom. The van der Waals surface area contributed by atoms with E-state index in [9.17, 15) is 23.7 Å². The number of halogens is 2. The van der Waals surface area contributed by atoms with Crippen molar-refractivity contribution in [3.63, 3.8) is 0 Å². The van der Waals surface area contributed by atoms with Crippen LogP contribution in [0.3, 0.4) is 0 Å². The molecule has 9 heteroatoms. The maximum absolute atomic E-state index is 12.8. The molecule has 0 aromatic carbocycles. The first-order valence-electron chi connectivity index (χ1n) is 4.58. The summed E-state index contributed by atoms with van der Waals surface area (Å²) in [5, 5.41) is 19.4. The van der Waals surface area contributed by atoms with Crippen LogP contribution >= 0.6 is 0 Å². The van der Waals surface area contributed by atoms with Crippen LogP contribution in [0.25, 0.3) is 0 Å². The van der Waals surface area contributed by atoms with Gasteiger partial charge >= 0.3 is 5.97 Å². The first-order chi connectivity index (χ1) is 8.38. The van der Waals surface area contributed by atoms with E-state index in [1.165, 1.54) is 0 Å². The third-order valence-corrected chi connectivity index (χ3v) is 2.06. The van der Waals surface area contributed by atoms with E-state index in [1.807, 2.05) is 0 Å². The standard InChI is InChI=1S/C9H8F2N2O5/c1-18-9-6(8(10)11)7(13(16)17)4(3-12-9)2-5(14)15/h3,8H,2H2,1H3,(H,14,15). The number of methoxy groups -OCH3 is 1. The molecule has 0 aliphatic heterocycles. The molecule has 0 saturated heterocycles. The number of hydrogen-bond donors (Lipinski definition) is 1. The molecule has 0 radical (unpaired) electrons. The summed E-state index contributed by atoms with van der Waals surface area (Å²) in [6.45, 7) is 0. The maximum atomic E-state index is 12.8. The number of aromatic nitrogens is 1. The van der Waals surface area contributed by atoms with Crippen LogP contribution in [0.2, 0.25) is 0 Å². The zero-order valence-electron chi connectivity index (χ0n) is 9.09. The van der Waals surface area contributed by atoms with Gasteiger partial charge in [-0.25, -0.2) is 13.8 Å². The first-order valence-corrected chi connectivity index (χ1v) is 4.58. The highest BCUT2D eigenvalue weighted by atomic mass is 19.3. The molecule has 0 aliphatic carbocycles. The third-order valence-electron chi connectivity index (χ3n) is 2.06. The molecular formula is C9H8F2N2O5. The van der Waals surface area contributed by atoms with Crippen molar-refractivity contribution < 1.29 is 28.3 Å². The van der Waals surface area contributed by atoms with Crippen molar-refractivity contribution in [1.29, 1.82) is 0 Å². The lowest BCUT2D eigenvalue weighted by atomic mass is 10.1. The van der Waals surface area contributed by atoms with Crippen LogP contribution in [0.4, 0.5) is 14.5 Å². The molecule has 0 spiro atoms. The second kappa shape index (κ2) is 5.34. The zero-order valence-corrected chi connectivity index (χ0v) is 9.09. The summed E-state index contributed by atoms with van der Waals surface area (Å²) >= 11 is 0. The summed E-state index contributed by atoms with van der Waals surface area (Å²) in [4.78, 5) is 23.7. The molecule has 0 bridgehead atoms. The molecule has 18 heavy (non-hydrogen) atoms. The van der Waals surface area contributed by atoms with Crippen LogP contribution in [0, 0.1) is 10.1 Å². The smallest absolute Gasteiger partial charge is 0.308 e. The van der Waals surface area contributed by atoms with E-state index < -0.39 is 46.4 Å². The molecule has 0 fully saturated rings. The fourth-order valence-corrected chi connectivity index (χ4v) is 1.41. The monoisotopic (exact) mass is 262 g/mol. The number of carboxylic acids is 1. The number of alkyl halides is 2. The van der Waals surface area contributed by atoms with Gasteiger partial charge < -0.3 is 9.84 Å². The molecule has 0 unspecified atom stereocenters. The van der Waals surface area contributed by atoms with E-state index in [4.69, 9.17) is 5.11 Å². The normalized spacial score (nSPS) is 10.4. The van der Waals surface area contributed by atoms with E-state index in [2.05, 4.69) is 9.72 Å². The number of carbonyl (C=O) groups is 1. The van der Waals surface area contributed by atoms with Crippen LogP contribution in [0.1, 0.15) is 17.6 Å². The van der Waals surface area contributed by atoms with Crippen molar-refractivity contribution >= 4 is 11.7 Å². The highest BCUT2D eigenvalue weighted by molar-refractivity contribution is 5.72. The van der Waals surface area contributed by atoms with Gasteiger partial charge in [-0.3, -0.25) is 14.9 Å². The van der Waals surface area contributed by atoms with Crippen molar-refractivity contribution in [2.24, 2.45) is 0 Å². The number of rotatable bonds is 5. The lowest BCUT2D eigenvalue weighted by Gasteiger charge is -2.09. The van der Waals surface area contributed by atoms with Gasteiger partial charge in [-0.15, -0.1) is 0 Å². The summed E-state index contributed by atoms with van der Waals surface area (Å²) in [5.41, 5.74) is -2.39. The molecule has 1 rings (SSSR count). The van der Waals surface area contributed by atoms with Crippen LogP contribution in [-0.4, -0.2) is 28.1 Å². The Hall–Kier alpha value is -2.32. The topological polar surface area (TPSA) is 103 Å². The van der Waals surface area contributed by atoms with Gasteiger partial charge in [0, 0.05) is 6.20 Å². The van der Waals surface area contributed by atoms with Crippen molar-refractivity contribution in [3.05, 3.63) is 27.4 Å². The molecular weight excluding hydrogens is 254 g/mol. The van der Waals surface area contributed by atoms with E-state index in [1.54, 1.807) is 0 Å². The summed E-state index contributed by atoms with van der Waals surface area (Å²) in [7, 11) is 1.04. The number of nitro groups is 1. The maximum Gasteiger partial charge on any atom is 0.308 e. The molecule has 0 saturated carbocycles. The van der Waals surface area contributed by atoms with Gasteiger partial charge in [-0.1, -0.05) is 0 Å². The van der Waals surface area contributed by atoms with Gasteiger partial charge in [0.2, 0.25) is 5.88 Å². The van der Waals surface area contributed by atoms with E-state index >= 15 is 0 Å². The highest BCUT2D eigenvalue weighted by Crippen LogP contribution is 2.37. The summed E-state index contributed by atoms with van der Waals surface area (Å²) in [5.74, 6) is -1.98. The molecule has 1 N–H and O–H groups in total. The van der Waals surface area contributed by atoms with E-state index in [0.29, 0.717) is 0 Å². The second-order valence-corrected chi connectivity index (χ2v) is 3.18.